The molecule has 1 N–H and O–H groups in total. The van der Waals surface area contributed by atoms with Crippen molar-refractivity contribution in [1.29, 1.82) is 0 Å². The second-order valence-electron chi connectivity index (χ2n) is 6.69. The summed E-state index contributed by atoms with van der Waals surface area (Å²) in [7, 11) is 1.91. The van der Waals surface area contributed by atoms with Gasteiger partial charge < -0.3 is 15.0 Å². The fourth-order valence-corrected chi connectivity index (χ4v) is 3.34. The van der Waals surface area contributed by atoms with Crippen LogP contribution in [0.3, 0.4) is 0 Å². The molecule has 1 saturated heterocycles. The van der Waals surface area contributed by atoms with Crippen LogP contribution in [0.5, 0.6) is 0 Å². The molecule has 0 aromatic heterocycles. The lowest BCUT2D eigenvalue weighted by Crippen LogP contribution is -2.45. The summed E-state index contributed by atoms with van der Waals surface area (Å²) in [6.07, 6.45) is 5.31. The van der Waals surface area contributed by atoms with Gasteiger partial charge in [0.2, 0.25) is 0 Å². The smallest absolute Gasteiger partial charge is 0.317 e. The molecule has 0 radical (unpaired) electrons. The Morgan fingerprint density at radius 2 is 2.05 bits per heavy atom. The van der Waals surface area contributed by atoms with Crippen LogP contribution in [0.15, 0.2) is 30.3 Å². The molecular formula is C18H26N2O2. The van der Waals surface area contributed by atoms with E-state index in [2.05, 4.69) is 29.6 Å². The lowest BCUT2D eigenvalue weighted by Gasteiger charge is -2.26. The number of ether oxygens (including phenoxy) is 1. The Balaban J connectivity index is 1.55. The monoisotopic (exact) mass is 302 g/mol. The van der Waals surface area contributed by atoms with Gasteiger partial charge in [-0.3, -0.25) is 0 Å². The van der Waals surface area contributed by atoms with Crippen molar-refractivity contribution in [2.75, 3.05) is 26.8 Å². The van der Waals surface area contributed by atoms with Gasteiger partial charge in [0.1, 0.15) is 0 Å². The third-order valence-electron chi connectivity index (χ3n) is 4.91. The standard InChI is InChI=1S/C18H26N2O2/c1-20(17(21)19-16-8-5-12-22-13-9-16)14-18(10-11-18)15-6-3-2-4-7-15/h2-4,6-7,16H,5,8-14H2,1H3,(H,19,21). The largest absolute Gasteiger partial charge is 0.381 e. The SMILES string of the molecule is CN(CC1(c2ccccc2)CC1)C(=O)NC1CCCOCC1. The highest BCUT2D eigenvalue weighted by atomic mass is 16.5. The van der Waals surface area contributed by atoms with Gasteiger partial charge in [-0.05, 0) is 37.7 Å². The molecule has 0 spiro atoms. The number of hydrogen-bond acceptors (Lipinski definition) is 2. The minimum atomic E-state index is 0.0501. The summed E-state index contributed by atoms with van der Waals surface area (Å²) >= 11 is 0. The summed E-state index contributed by atoms with van der Waals surface area (Å²) in [5.41, 5.74) is 1.54. The van der Waals surface area contributed by atoms with E-state index in [4.69, 9.17) is 4.74 Å². The first-order valence-electron chi connectivity index (χ1n) is 8.35. The van der Waals surface area contributed by atoms with E-state index >= 15 is 0 Å². The average molecular weight is 302 g/mol. The van der Waals surface area contributed by atoms with Crippen LogP contribution in [0.1, 0.15) is 37.7 Å². The van der Waals surface area contributed by atoms with Gasteiger partial charge in [0, 0.05) is 38.3 Å². The van der Waals surface area contributed by atoms with Crippen molar-refractivity contribution in [3.8, 4) is 0 Å². The quantitative estimate of drug-likeness (QED) is 0.929. The number of rotatable bonds is 4. The summed E-state index contributed by atoms with van der Waals surface area (Å²) in [6.45, 7) is 2.37. The number of carbonyl (C=O) groups excluding carboxylic acids is 1. The molecule has 2 aliphatic rings. The van der Waals surface area contributed by atoms with Gasteiger partial charge in [-0.1, -0.05) is 30.3 Å². The van der Waals surface area contributed by atoms with Gasteiger partial charge in [0.05, 0.1) is 0 Å². The van der Waals surface area contributed by atoms with E-state index in [1.54, 1.807) is 0 Å². The lowest BCUT2D eigenvalue weighted by atomic mass is 9.95. The maximum absolute atomic E-state index is 12.4. The third-order valence-corrected chi connectivity index (χ3v) is 4.91. The van der Waals surface area contributed by atoms with Gasteiger partial charge in [-0.15, -0.1) is 0 Å². The molecule has 0 bridgehead atoms. The zero-order valence-electron chi connectivity index (χ0n) is 13.4. The Bertz CT molecular complexity index is 491. The van der Waals surface area contributed by atoms with Crippen LogP contribution in [0, 0.1) is 0 Å². The Labute approximate surface area is 132 Å². The average Bonchev–Trinajstić information content (AvgIpc) is 3.34. The summed E-state index contributed by atoms with van der Waals surface area (Å²) in [5.74, 6) is 0. The number of amides is 2. The fourth-order valence-electron chi connectivity index (χ4n) is 3.34. The minimum Gasteiger partial charge on any atom is -0.381 e. The lowest BCUT2D eigenvalue weighted by molar-refractivity contribution is 0.142. The molecule has 3 rings (SSSR count). The summed E-state index contributed by atoms with van der Waals surface area (Å²) in [4.78, 5) is 14.3. The van der Waals surface area contributed by atoms with E-state index < -0.39 is 0 Å². The second-order valence-corrected chi connectivity index (χ2v) is 6.69. The van der Waals surface area contributed by atoms with Gasteiger partial charge >= 0.3 is 6.03 Å². The van der Waals surface area contributed by atoms with Gasteiger partial charge in [-0.25, -0.2) is 4.79 Å². The molecule has 4 nitrogen and oxygen atoms in total. The highest BCUT2D eigenvalue weighted by molar-refractivity contribution is 5.74. The topological polar surface area (TPSA) is 41.6 Å². The first-order chi connectivity index (χ1) is 10.7. The number of urea groups is 1. The second kappa shape index (κ2) is 6.69. The van der Waals surface area contributed by atoms with Crippen LogP contribution < -0.4 is 5.32 Å². The molecule has 22 heavy (non-hydrogen) atoms. The van der Waals surface area contributed by atoms with Crippen molar-refractivity contribution in [2.24, 2.45) is 0 Å². The summed E-state index contributed by atoms with van der Waals surface area (Å²) in [5, 5.41) is 3.17. The van der Waals surface area contributed by atoms with Crippen LogP contribution in [0.25, 0.3) is 0 Å². The molecule has 1 aliphatic heterocycles. The number of nitrogens with zero attached hydrogens (tertiary/aromatic N) is 1. The third kappa shape index (κ3) is 3.61. The molecule has 1 heterocycles. The van der Waals surface area contributed by atoms with Gasteiger partial charge in [0.25, 0.3) is 0 Å². The van der Waals surface area contributed by atoms with Crippen LogP contribution >= 0.6 is 0 Å². The molecule has 1 aliphatic carbocycles. The molecule has 1 aromatic rings. The van der Waals surface area contributed by atoms with Crippen molar-refractivity contribution in [2.45, 2.75) is 43.6 Å². The van der Waals surface area contributed by atoms with Crippen molar-refractivity contribution in [1.82, 2.24) is 10.2 Å². The Hall–Kier alpha value is -1.55. The molecular weight excluding hydrogens is 276 g/mol. The van der Waals surface area contributed by atoms with E-state index in [0.29, 0.717) is 0 Å². The van der Waals surface area contributed by atoms with Crippen LogP contribution in [0.4, 0.5) is 4.79 Å². The maximum Gasteiger partial charge on any atom is 0.317 e. The first-order valence-corrected chi connectivity index (χ1v) is 8.35. The molecule has 1 unspecified atom stereocenters. The van der Waals surface area contributed by atoms with E-state index in [-0.39, 0.29) is 17.5 Å². The zero-order chi connectivity index (χ0) is 15.4. The van der Waals surface area contributed by atoms with E-state index in [1.165, 1.54) is 18.4 Å². The first kappa shape index (κ1) is 15.3. The Morgan fingerprint density at radius 3 is 2.77 bits per heavy atom. The molecule has 1 aromatic carbocycles. The number of benzene rings is 1. The number of nitrogens with one attached hydrogen (secondary N) is 1. The molecule has 1 saturated carbocycles. The number of hydrogen-bond donors (Lipinski definition) is 1. The van der Waals surface area contributed by atoms with Crippen LogP contribution in [-0.2, 0) is 10.2 Å². The minimum absolute atomic E-state index is 0.0501. The number of carbonyl (C=O) groups is 1. The van der Waals surface area contributed by atoms with Crippen molar-refractivity contribution < 1.29 is 9.53 Å². The summed E-state index contributed by atoms with van der Waals surface area (Å²) in [6, 6.07) is 10.9. The normalized spacial score (nSPS) is 23.4. The Kier molecular flexibility index (Phi) is 4.67. The highest BCUT2D eigenvalue weighted by Crippen LogP contribution is 2.48. The van der Waals surface area contributed by atoms with Crippen LogP contribution in [-0.4, -0.2) is 43.8 Å². The van der Waals surface area contributed by atoms with Crippen molar-refractivity contribution in [3.63, 3.8) is 0 Å². The molecule has 1 atom stereocenters. The number of likely N-dealkylation sites (N-methyl/N-ethyl adjacent to an activating group) is 1. The van der Waals surface area contributed by atoms with Crippen molar-refractivity contribution >= 4 is 6.03 Å². The molecule has 120 valence electrons. The fraction of sp³-hybridized carbons (Fsp3) is 0.611. The summed E-state index contributed by atoms with van der Waals surface area (Å²) < 4.78 is 5.45. The predicted octanol–water partition coefficient (Wildman–Crippen LogP) is 2.93. The molecule has 2 fully saturated rings. The van der Waals surface area contributed by atoms with Crippen LogP contribution in [0.2, 0.25) is 0 Å². The highest BCUT2D eigenvalue weighted by Gasteiger charge is 2.45. The van der Waals surface area contributed by atoms with Gasteiger partial charge in [-0.2, -0.15) is 0 Å². The van der Waals surface area contributed by atoms with E-state index in [9.17, 15) is 4.79 Å². The maximum atomic E-state index is 12.4. The predicted molar refractivity (Wildman–Crippen MR) is 87.0 cm³/mol. The Morgan fingerprint density at radius 1 is 1.27 bits per heavy atom. The van der Waals surface area contributed by atoms with Crippen molar-refractivity contribution in [3.05, 3.63) is 35.9 Å². The zero-order valence-corrected chi connectivity index (χ0v) is 13.4. The van der Waals surface area contributed by atoms with E-state index in [0.717, 1.165) is 39.0 Å². The van der Waals surface area contributed by atoms with Gasteiger partial charge in [0.15, 0.2) is 0 Å². The van der Waals surface area contributed by atoms with E-state index in [1.807, 2.05) is 18.0 Å². The molecule has 2 amide bonds. The molecule has 4 heteroatoms.